The van der Waals surface area contributed by atoms with Crippen LogP contribution in [0, 0.1) is 0 Å². The highest BCUT2D eigenvalue weighted by Crippen LogP contribution is 2.42. The zero-order valence-electron chi connectivity index (χ0n) is 21.6. The maximum atomic E-state index is 6.35. The quantitative estimate of drug-likeness (QED) is 0.220. The van der Waals surface area contributed by atoms with Gasteiger partial charge >= 0.3 is 0 Å². The molecule has 0 radical (unpaired) electrons. The summed E-state index contributed by atoms with van der Waals surface area (Å²) in [7, 11) is 0. The van der Waals surface area contributed by atoms with Crippen LogP contribution >= 0.6 is 0 Å². The van der Waals surface area contributed by atoms with Gasteiger partial charge in [0, 0.05) is 39.7 Å². The number of nitrogen functional groups attached to an aromatic ring is 1. The first-order chi connectivity index (χ1) is 19.3. The largest absolute Gasteiger partial charge is 0.399 e. The van der Waals surface area contributed by atoms with Crippen LogP contribution in [0.2, 0.25) is 0 Å². The molecule has 6 aromatic rings. The SMILES string of the molecule is Nc1ccc(N(c2ccccc2)c2ccccc2)c(-c2ccc(N(c3ccccc3)c3ccccc3)cc2)c1. The second-order valence-electron chi connectivity index (χ2n) is 9.34. The fraction of sp³-hybridized carbons (Fsp3) is 0. The van der Waals surface area contributed by atoms with Gasteiger partial charge in [0.15, 0.2) is 0 Å². The van der Waals surface area contributed by atoms with Crippen LogP contribution in [0.25, 0.3) is 11.1 Å². The topological polar surface area (TPSA) is 32.5 Å². The smallest absolute Gasteiger partial charge is 0.0541 e. The molecule has 6 rings (SSSR count). The molecule has 0 bridgehead atoms. The van der Waals surface area contributed by atoms with Crippen molar-refractivity contribution in [1.82, 2.24) is 0 Å². The normalized spacial score (nSPS) is 10.7. The molecule has 0 saturated heterocycles. The minimum Gasteiger partial charge on any atom is -0.399 e. The average molecular weight is 504 g/mol. The van der Waals surface area contributed by atoms with Crippen LogP contribution < -0.4 is 15.5 Å². The first kappa shape index (κ1) is 24.1. The highest BCUT2D eigenvalue weighted by Gasteiger charge is 2.18. The van der Waals surface area contributed by atoms with Crippen molar-refractivity contribution in [3.8, 4) is 11.1 Å². The number of nitrogens with two attached hydrogens (primary N) is 1. The van der Waals surface area contributed by atoms with Crippen molar-refractivity contribution in [2.75, 3.05) is 15.5 Å². The Bertz CT molecular complexity index is 1550. The van der Waals surface area contributed by atoms with E-state index in [1.807, 2.05) is 30.3 Å². The number of anilines is 7. The van der Waals surface area contributed by atoms with Crippen molar-refractivity contribution in [2.45, 2.75) is 0 Å². The molecule has 3 nitrogen and oxygen atoms in total. The Balaban J connectivity index is 1.46. The van der Waals surface area contributed by atoms with E-state index < -0.39 is 0 Å². The fourth-order valence-corrected chi connectivity index (χ4v) is 4.95. The molecule has 0 heterocycles. The molecule has 0 fully saturated rings. The van der Waals surface area contributed by atoms with E-state index in [0.29, 0.717) is 0 Å². The number of rotatable bonds is 7. The van der Waals surface area contributed by atoms with Crippen molar-refractivity contribution < 1.29 is 0 Å². The molecule has 0 unspecified atom stereocenters. The number of para-hydroxylation sites is 4. The first-order valence-corrected chi connectivity index (χ1v) is 13.1. The number of hydrogen-bond donors (Lipinski definition) is 1. The molecular weight excluding hydrogens is 474 g/mol. The third kappa shape index (κ3) is 5.11. The third-order valence-corrected chi connectivity index (χ3v) is 6.76. The van der Waals surface area contributed by atoms with Crippen LogP contribution in [0.1, 0.15) is 0 Å². The molecule has 0 aliphatic rings. The maximum Gasteiger partial charge on any atom is 0.0541 e. The predicted octanol–water partition coefficient (Wildman–Crippen LogP) is 9.88. The molecule has 0 aliphatic carbocycles. The van der Waals surface area contributed by atoms with Gasteiger partial charge in [0.05, 0.1) is 5.69 Å². The summed E-state index contributed by atoms with van der Waals surface area (Å²) in [5, 5.41) is 0. The zero-order valence-corrected chi connectivity index (χ0v) is 21.6. The van der Waals surface area contributed by atoms with Gasteiger partial charge in [-0.2, -0.15) is 0 Å². The molecule has 2 N–H and O–H groups in total. The molecule has 0 spiro atoms. The van der Waals surface area contributed by atoms with E-state index >= 15 is 0 Å². The van der Waals surface area contributed by atoms with Crippen molar-refractivity contribution in [3.05, 3.63) is 164 Å². The fourth-order valence-electron chi connectivity index (χ4n) is 4.95. The molecule has 0 aromatic heterocycles. The second-order valence-corrected chi connectivity index (χ2v) is 9.34. The van der Waals surface area contributed by atoms with Crippen molar-refractivity contribution in [2.24, 2.45) is 0 Å². The van der Waals surface area contributed by atoms with E-state index in [-0.39, 0.29) is 0 Å². The molecule has 0 aliphatic heterocycles. The van der Waals surface area contributed by atoms with E-state index in [1.54, 1.807) is 0 Å². The van der Waals surface area contributed by atoms with Gasteiger partial charge in [-0.3, -0.25) is 0 Å². The van der Waals surface area contributed by atoms with Crippen LogP contribution in [-0.4, -0.2) is 0 Å². The monoisotopic (exact) mass is 503 g/mol. The Morgan fingerprint density at radius 3 is 1.18 bits per heavy atom. The lowest BCUT2D eigenvalue weighted by Crippen LogP contribution is -2.11. The molecule has 0 saturated carbocycles. The van der Waals surface area contributed by atoms with Crippen LogP contribution in [0.3, 0.4) is 0 Å². The van der Waals surface area contributed by atoms with Crippen molar-refractivity contribution >= 4 is 39.8 Å². The Morgan fingerprint density at radius 1 is 0.359 bits per heavy atom. The Kier molecular flexibility index (Phi) is 6.79. The van der Waals surface area contributed by atoms with Crippen molar-refractivity contribution in [1.29, 1.82) is 0 Å². The minimum absolute atomic E-state index is 0.731. The van der Waals surface area contributed by atoms with Gasteiger partial charge in [-0.25, -0.2) is 0 Å². The summed E-state index contributed by atoms with van der Waals surface area (Å²) in [5.41, 5.74) is 15.8. The van der Waals surface area contributed by atoms with Crippen LogP contribution in [0.5, 0.6) is 0 Å². The van der Waals surface area contributed by atoms with Crippen LogP contribution in [-0.2, 0) is 0 Å². The van der Waals surface area contributed by atoms with E-state index in [2.05, 4.69) is 143 Å². The molecule has 3 heteroatoms. The molecule has 39 heavy (non-hydrogen) atoms. The van der Waals surface area contributed by atoms with Crippen molar-refractivity contribution in [3.63, 3.8) is 0 Å². The van der Waals surface area contributed by atoms with Crippen LogP contribution in [0.4, 0.5) is 39.8 Å². The summed E-state index contributed by atoms with van der Waals surface area (Å²) < 4.78 is 0. The summed E-state index contributed by atoms with van der Waals surface area (Å²) in [5.74, 6) is 0. The molecule has 0 amide bonds. The van der Waals surface area contributed by atoms with E-state index in [0.717, 1.165) is 50.9 Å². The number of hydrogen-bond acceptors (Lipinski definition) is 3. The van der Waals surface area contributed by atoms with Gasteiger partial charge in [-0.15, -0.1) is 0 Å². The zero-order chi connectivity index (χ0) is 26.4. The summed E-state index contributed by atoms with van der Waals surface area (Å²) in [4.78, 5) is 4.55. The summed E-state index contributed by atoms with van der Waals surface area (Å²) in [6.07, 6.45) is 0. The standard InChI is InChI=1S/C36H29N3/c37-29-23-26-36(39(32-17-9-3-10-18-32)33-19-11-4-12-20-33)35(27-29)28-21-24-34(25-22-28)38(30-13-5-1-6-14-30)31-15-7-2-8-16-31/h1-27H,37H2. The van der Waals surface area contributed by atoms with E-state index in [1.165, 1.54) is 0 Å². The predicted molar refractivity (Wildman–Crippen MR) is 166 cm³/mol. The minimum atomic E-state index is 0.731. The lowest BCUT2D eigenvalue weighted by Gasteiger charge is -2.28. The second kappa shape index (κ2) is 11.0. The molecule has 188 valence electrons. The molecule has 6 aromatic carbocycles. The van der Waals surface area contributed by atoms with Gasteiger partial charge in [0.2, 0.25) is 0 Å². The van der Waals surface area contributed by atoms with E-state index in [9.17, 15) is 0 Å². The molecule has 0 atom stereocenters. The average Bonchev–Trinajstić information content (AvgIpc) is 3.01. The summed E-state index contributed by atoms with van der Waals surface area (Å²) >= 11 is 0. The van der Waals surface area contributed by atoms with Gasteiger partial charge in [-0.05, 0) is 84.4 Å². The summed E-state index contributed by atoms with van der Waals surface area (Å²) in [6.45, 7) is 0. The van der Waals surface area contributed by atoms with E-state index in [4.69, 9.17) is 5.73 Å². The van der Waals surface area contributed by atoms with Gasteiger partial charge in [0.25, 0.3) is 0 Å². The van der Waals surface area contributed by atoms with Gasteiger partial charge in [-0.1, -0.05) is 84.9 Å². The lowest BCUT2D eigenvalue weighted by molar-refractivity contribution is 1.27. The summed E-state index contributed by atoms with van der Waals surface area (Å²) in [6, 6.07) is 56.7. The number of benzene rings is 6. The molecular formula is C36H29N3. The number of nitrogens with zero attached hydrogens (tertiary/aromatic N) is 2. The van der Waals surface area contributed by atoms with Gasteiger partial charge in [0.1, 0.15) is 0 Å². The first-order valence-electron chi connectivity index (χ1n) is 13.1. The van der Waals surface area contributed by atoms with Gasteiger partial charge < -0.3 is 15.5 Å². The van der Waals surface area contributed by atoms with Crippen LogP contribution in [0.15, 0.2) is 164 Å². The highest BCUT2D eigenvalue weighted by atomic mass is 15.1. The third-order valence-electron chi connectivity index (χ3n) is 6.76. The maximum absolute atomic E-state index is 6.35. The lowest BCUT2D eigenvalue weighted by atomic mass is 10.00. The Hall–Kier alpha value is -5.28. The Labute approximate surface area is 230 Å². The highest BCUT2D eigenvalue weighted by molar-refractivity contribution is 5.90. The Morgan fingerprint density at radius 2 is 0.744 bits per heavy atom.